The molecule has 0 radical (unpaired) electrons. The van der Waals surface area contributed by atoms with E-state index in [4.69, 9.17) is 5.11 Å². The van der Waals surface area contributed by atoms with Crippen molar-refractivity contribution in [2.45, 2.75) is 104 Å². The van der Waals surface area contributed by atoms with Gasteiger partial charge in [0.15, 0.2) is 0 Å². The van der Waals surface area contributed by atoms with Gasteiger partial charge in [0.2, 0.25) is 35.4 Å². The first kappa shape index (κ1) is 42.0. The molecule has 6 amide bonds. The second-order valence-electron chi connectivity index (χ2n) is 12.1. The average Bonchev–Trinajstić information content (AvgIpc) is 3.03. The number of amides is 6. The number of carboxylic acid groups (broad SMARTS) is 2. The second kappa shape index (κ2) is 21.1. The molecule has 8 N–H and O–H groups in total. The molecule has 0 aliphatic rings. The molecule has 0 saturated carbocycles. The second-order valence-corrected chi connectivity index (χ2v) is 12.1. The maximum atomic E-state index is 13.7. The van der Waals surface area contributed by atoms with E-state index in [1.54, 1.807) is 58.0 Å². The van der Waals surface area contributed by atoms with E-state index in [-0.39, 0.29) is 25.3 Å². The third-order valence-electron chi connectivity index (χ3n) is 7.71. The Bertz CT molecular complexity index is 1320. The maximum absolute atomic E-state index is 13.7. The molecule has 6 atom stereocenters. The van der Waals surface area contributed by atoms with Crippen LogP contribution in [0.2, 0.25) is 0 Å². The molecule has 0 aromatic heterocycles. The fourth-order valence-electron chi connectivity index (χ4n) is 4.72. The Kier molecular flexibility index (Phi) is 18.0. The lowest BCUT2D eigenvalue weighted by atomic mass is 9.96. The summed E-state index contributed by atoms with van der Waals surface area (Å²) < 4.78 is 0. The number of hydrogen-bond donors (Lipinski definition) is 8. The van der Waals surface area contributed by atoms with Gasteiger partial charge < -0.3 is 42.1 Å². The molecule has 2 unspecified atom stereocenters. The third kappa shape index (κ3) is 15.2. The van der Waals surface area contributed by atoms with E-state index in [1.165, 1.54) is 6.92 Å². The van der Waals surface area contributed by atoms with Crippen LogP contribution in [0.5, 0.6) is 0 Å². The number of carboxylic acids is 2. The highest BCUT2D eigenvalue weighted by Gasteiger charge is 2.34. The minimum Gasteiger partial charge on any atom is -0.481 e. The molecule has 0 aliphatic carbocycles. The lowest BCUT2D eigenvalue weighted by Gasteiger charge is -2.29. The number of hydrogen-bond acceptors (Lipinski definition) is 8. The first-order chi connectivity index (χ1) is 23.0. The van der Waals surface area contributed by atoms with Crippen LogP contribution in [0.3, 0.4) is 0 Å². The molecule has 1 aromatic rings. The third-order valence-corrected chi connectivity index (χ3v) is 7.71. The van der Waals surface area contributed by atoms with E-state index in [2.05, 4.69) is 31.9 Å². The minimum absolute atomic E-state index is 0.0313. The standard InChI is InChI=1S/C33H50N6O10/c1-7-19(5)28(35-20(6)40)33(49)38-23(16-21-12-10-9-11-13-21)31(47)39-27(18(3)4)32(48)36-22(8-2)30(46)37-24(17-26(43)44)29(45)34-15-14-25(41)42/h9-13,18-19,22-24,27-28H,7-8,14-17H2,1-6H3,(H,34,45)(H,35,40)(H,36,48)(H,37,46)(H,38,49)(H,39,47)(H,41,42)(H,43,44)/t19?,22?,23-,24-,27-,28-/m0/s1. The smallest absolute Gasteiger partial charge is 0.305 e. The summed E-state index contributed by atoms with van der Waals surface area (Å²) in [5.74, 6) is -7.53. The predicted octanol–water partition coefficient (Wildman–Crippen LogP) is -0.149. The first-order valence-corrected chi connectivity index (χ1v) is 16.2. The van der Waals surface area contributed by atoms with Crippen LogP contribution in [0.25, 0.3) is 0 Å². The summed E-state index contributed by atoms with van der Waals surface area (Å²) in [5, 5.41) is 33.2. The van der Waals surface area contributed by atoms with Crippen LogP contribution in [-0.2, 0) is 44.8 Å². The summed E-state index contributed by atoms with van der Waals surface area (Å²) in [6, 6.07) is 2.85. The topological polar surface area (TPSA) is 249 Å². The molecule has 49 heavy (non-hydrogen) atoms. The van der Waals surface area contributed by atoms with E-state index < -0.39 is 96.4 Å². The van der Waals surface area contributed by atoms with Gasteiger partial charge in [-0.25, -0.2) is 0 Å². The Balaban J connectivity index is 3.18. The number of carbonyl (C=O) groups is 8. The SMILES string of the molecule is CCC(NC(=O)[C@@H](NC(=O)[C@H](Cc1ccccc1)NC(=O)[C@@H](NC(C)=O)C(C)CC)C(C)C)C(=O)N[C@@H](CC(=O)O)C(=O)NCCC(=O)O. The van der Waals surface area contributed by atoms with E-state index in [0.717, 1.165) is 5.56 Å². The van der Waals surface area contributed by atoms with Crippen LogP contribution >= 0.6 is 0 Å². The van der Waals surface area contributed by atoms with Crippen molar-refractivity contribution in [3.05, 3.63) is 35.9 Å². The summed E-state index contributed by atoms with van der Waals surface area (Å²) in [7, 11) is 0. The van der Waals surface area contributed by atoms with Crippen molar-refractivity contribution < 1.29 is 48.6 Å². The van der Waals surface area contributed by atoms with E-state index in [9.17, 15) is 43.5 Å². The van der Waals surface area contributed by atoms with Gasteiger partial charge in [0.25, 0.3) is 0 Å². The van der Waals surface area contributed by atoms with Crippen molar-refractivity contribution >= 4 is 47.4 Å². The maximum Gasteiger partial charge on any atom is 0.305 e. The van der Waals surface area contributed by atoms with Crippen molar-refractivity contribution in [3.8, 4) is 0 Å². The van der Waals surface area contributed by atoms with Crippen LogP contribution in [0, 0.1) is 11.8 Å². The Morgan fingerprint density at radius 3 is 1.69 bits per heavy atom. The zero-order valence-corrected chi connectivity index (χ0v) is 28.8. The molecule has 16 nitrogen and oxygen atoms in total. The normalized spacial score (nSPS) is 14.5. The monoisotopic (exact) mass is 690 g/mol. The summed E-state index contributed by atoms with van der Waals surface area (Å²) in [5.41, 5.74) is 0.721. The van der Waals surface area contributed by atoms with Crippen LogP contribution in [0.1, 0.15) is 72.8 Å². The molecule has 1 rings (SSSR count). The number of benzene rings is 1. The molecule has 1 aromatic carbocycles. The molecule has 0 heterocycles. The summed E-state index contributed by atoms with van der Waals surface area (Å²) >= 11 is 0. The highest BCUT2D eigenvalue weighted by atomic mass is 16.4. The number of carbonyl (C=O) groups excluding carboxylic acids is 6. The van der Waals surface area contributed by atoms with Crippen molar-refractivity contribution in [3.63, 3.8) is 0 Å². The van der Waals surface area contributed by atoms with Gasteiger partial charge in [0, 0.05) is 19.9 Å². The lowest BCUT2D eigenvalue weighted by Crippen LogP contribution is -2.60. The Morgan fingerprint density at radius 2 is 1.18 bits per heavy atom. The molecule has 0 saturated heterocycles. The van der Waals surface area contributed by atoms with Gasteiger partial charge in [-0.2, -0.15) is 0 Å². The van der Waals surface area contributed by atoms with Crippen LogP contribution in [-0.4, -0.2) is 94.3 Å². The number of nitrogens with one attached hydrogen (secondary N) is 6. The predicted molar refractivity (Wildman–Crippen MR) is 178 cm³/mol. The van der Waals surface area contributed by atoms with Crippen LogP contribution in [0.4, 0.5) is 0 Å². The molecule has 272 valence electrons. The van der Waals surface area contributed by atoms with Gasteiger partial charge in [-0.1, -0.05) is 71.4 Å². The number of rotatable bonds is 21. The fraction of sp³-hybridized carbons (Fsp3) is 0.576. The quantitative estimate of drug-likeness (QED) is 0.0847. The van der Waals surface area contributed by atoms with Crippen molar-refractivity contribution in [1.82, 2.24) is 31.9 Å². The van der Waals surface area contributed by atoms with Crippen molar-refractivity contribution in [2.75, 3.05) is 6.54 Å². The summed E-state index contributed by atoms with van der Waals surface area (Å²) in [4.78, 5) is 100. The molecule has 16 heteroatoms. The summed E-state index contributed by atoms with van der Waals surface area (Å²) in [6.07, 6.45) is -0.545. The highest BCUT2D eigenvalue weighted by molar-refractivity contribution is 5.97. The zero-order valence-electron chi connectivity index (χ0n) is 28.8. The van der Waals surface area contributed by atoms with E-state index in [1.807, 2.05) is 6.92 Å². The molecule has 0 spiro atoms. The Labute approximate surface area is 285 Å². The largest absolute Gasteiger partial charge is 0.481 e. The van der Waals surface area contributed by atoms with Crippen LogP contribution < -0.4 is 31.9 Å². The zero-order chi connectivity index (χ0) is 37.3. The van der Waals surface area contributed by atoms with Crippen molar-refractivity contribution in [2.24, 2.45) is 11.8 Å². The van der Waals surface area contributed by atoms with E-state index in [0.29, 0.717) is 6.42 Å². The lowest BCUT2D eigenvalue weighted by molar-refractivity contribution is -0.141. The molecular weight excluding hydrogens is 640 g/mol. The van der Waals surface area contributed by atoms with Crippen molar-refractivity contribution in [1.29, 1.82) is 0 Å². The fourth-order valence-corrected chi connectivity index (χ4v) is 4.72. The van der Waals surface area contributed by atoms with Gasteiger partial charge in [-0.15, -0.1) is 0 Å². The highest BCUT2D eigenvalue weighted by Crippen LogP contribution is 2.11. The van der Waals surface area contributed by atoms with E-state index >= 15 is 0 Å². The minimum atomic E-state index is -1.55. The Hall–Kier alpha value is -5.02. The average molecular weight is 691 g/mol. The molecule has 0 bridgehead atoms. The molecule has 0 aliphatic heterocycles. The van der Waals surface area contributed by atoms with Gasteiger partial charge >= 0.3 is 11.9 Å². The van der Waals surface area contributed by atoms with Gasteiger partial charge in [0.05, 0.1) is 12.8 Å². The molecular formula is C33H50N6O10. The van der Waals surface area contributed by atoms with Gasteiger partial charge in [-0.3, -0.25) is 38.4 Å². The first-order valence-electron chi connectivity index (χ1n) is 16.2. The van der Waals surface area contributed by atoms with Crippen LogP contribution in [0.15, 0.2) is 30.3 Å². The Morgan fingerprint density at radius 1 is 0.633 bits per heavy atom. The van der Waals surface area contributed by atoms with Gasteiger partial charge in [0.1, 0.15) is 30.2 Å². The molecule has 0 fully saturated rings. The summed E-state index contributed by atoms with van der Waals surface area (Å²) in [6.45, 7) is 9.55. The number of aliphatic carboxylic acids is 2. The van der Waals surface area contributed by atoms with Gasteiger partial charge in [-0.05, 0) is 23.8 Å².